The number of aryl methyl sites for hydroxylation is 1. The van der Waals surface area contributed by atoms with E-state index >= 15 is 0 Å². The number of hydrogen-bond donors (Lipinski definition) is 0. The quantitative estimate of drug-likeness (QED) is 0.340. The molecule has 3 nitrogen and oxygen atoms in total. The van der Waals surface area contributed by atoms with Crippen LogP contribution < -0.4 is 9.47 Å². The summed E-state index contributed by atoms with van der Waals surface area (Å²) in [5.74, 6) is 3.06. The minimum absolute atomic E-state index is 0.313. The Bertz CT molecular complexity index is 667. The Hall–Kier alpha value is -2.00. The van der Waals surface area contributed by atoms with Crippen LogP contribution >= 0.6 is 0 Å². The topological polar surface area (TPSA) is 27.7 Å². The molecular formula is C24H34O3. The van der Waals surface area contributed by atoms with Crippen molar-refractivity contribution in [1.82, 2.24) is 0 Å². The summed E-state index contributed by atoms with van der Waals surface area (Å²) in [5, 5.41) is 0. The van der Waals surface area contributed by atoms with Crippen LogP contribution in [-0.2, 0) is 4.74 Å². The van der Waals surface area contributed by atoms with Crippen molar-refractivity contribution >= 4 is 0 Å². The molecule has 0 aliphatic carbocycles. The number of benzene rings is 2. The fourth-order valence-corrected chi connectivity index (χ4v) is 3.27. The lowest BCUT2D eigenvalue weighted by atomic mass is 9.87. The zero-order chi connectivity index (χ0) is 19.6. The smallest absolute Gasteiger partial charge is 0.197 e. The summed E-state index contributed by atoms with van der Waals surface area (Å²) >= 11 is 0. The van der Waals surface area contributed by atoms with Gasteiger partial charge in [-0.3, -0.25) is 0 Å². The summed E-state index contributed by atoms with van der Waals surface area (Å²) in [7, 11) is 0. The number of para-hydroxylation sites is 1. The lowest BCUT2D eigenvalue weighted by Gasteiger charge is -2.21. The van der Waals surface area contributed by atoms with Crippen LogP contribution in [0.3, 0.4) is 0 Å². The largest absolute Gasteiger partial charge is 0.491 e. The maximum atomic E-state index is 5.97. The lowest BCUT2D eigenvalue weighted by Crippen LogP contribution is -2.20. The Kier molecular flexibility index (Phi) is 8.66. The third-order valence-corrected chi connectivity index (χ3v) is 4.66. The Morgan fingerprint density at radius 2 is 1.67 bits per heavy atom. The summed E-state index contributed by atoms with van der Waals surface area (Å²) in [4.78, 5) is 0. The number of rotatable bonds is 11. The minimum Gasteiger partial charge on any atom is -0.491 e. The maximum absolute atomic E-state index is 5.97. The molecule has 2 aromatic rings. The third-order valence-electron chi connectivity index (χ3n) is 4.66. The van der Waals surface area contributed by atoms with E-state index in [0.717, 1.165) is 17.1 Å². The van der Waals surface area contributed by atoms with E-state index in [1.807, 2.05) is 37.3 Å². The van der Waals surface area contributed by atoms with Crippen LogP contribution in [0.25, 0.3) is 0 Å². The second kappa shape index (κ2) is 11.0. The average Bonchev–Trinajstić information content (AvgIpc) is 2.65. The Morgan fingerprint density at radius 1 is 0.926 bits per heavy atom. The molecule has 2 unspecified atom stereocenters. The van der Waals surface area contributed by atoms with Gasteiger partial charge in [0, 0.05) is 0 Å². The first-order valence-electron chi connectivity index (χ1n) is 10.1. The van der Waals surface area contributed by atoms with Crippen molar-refractivity contribution < 1.29 is 14.2 Å². The molecule has 0 amide bonds. The van der Waals surface area contributed by atoms with Crippen LogP contribution in [0, 0.1) is 12.8 Å². The first-order valence-corrected chi connectivity index (χ1v) is 10.1. The van der Waals surface area contributed by atoms with Crippen LogP contribution in [0.1, 0.15) is 57.6 Å². The van der Waals surface area contributed by atoms with Crippen LogP contribution in [0.4, 0.5) is 0 Å². The molecule has 0 saturated heterocycles. The molecule has 0 aromatic heterocycles. The molecule has 0 saturated carbocycles. The summed E-state index contributed by atoms with van der Waals surface area (Å²) in [6.07, 6.45) is 2.07. The van der Waals surface area contributed by atoms with Gasteiger partial charge in [-0.2, -0.15) is 0 Å². The Labute approximate surface area is 164 Å². The lowest BCUT2D eigenvalue weighted by molar-refractivity contribution is -0.0742. The first kappa shape index (κ1) is 21.3. The van der Waals surface area contributed by atoms with Gasteiger partial charge in [0.1, 0.15) is 18.1 Å². The molecule has 0 N–H and O–H groups in total. The molecule has 0 bridgehead atoms. The van der Waals surface area contributed by atoms with E-state index in [1.54, 1.807) is 0 Å². The summed E-state index contributed by atoms with van der Waals surface area (Å²) in [5.41, 5.74) is 2.56. The van der Waals surface area contributed by atoms with Crippen molar-refractivity contribution in [1.29, 1.82) is 0 Å². The highest BCUT2D eigenvalue weighted by Crippen LogP contribution is 2.30. The summed E-state index contributed by atoms with van der Waals surface area (Å²) in [6.45, 7) is 11.8. The Balaban J connectivity index is 1.81. The highest BCUT2D eigenvalue weighted by atomic mass is 16.7. The second-order valence-corrected chi connectivity index (χ2v) is 7.48. The molecule has 0 heterocycles. The van der Waals surface area contributed by atoms with Gasteiger partial charge in [-0.1, -0.05) is 51.1 Å². The molecular weight excluding hydrogens is 336 g/mol. The zero-order valence-electron chi connectivity index (χ0n) is 17.4. The van der Waals surface area contributed by atoms with E-state index in [0.29, 0.717) is 25.0 Å². The molecule has 2 rings (SSSR count). The zero-order valence-corrected chi connectivity index (χ0v) is 17.4. The molecule has 0 radical (unpaired) electrons. The SMILES string of the molecule is CCC(CC(C)C)c1ccc(OC(C)OCCOc2ccccc2)c(C)c1. The van der Waals surface area contributed by atoms with Gasteiger partial charge < -0.3 is 14.2 Å². The molecule has 0 aliphatic heterocycles. The van der Waals surface area contributed by atoms with E-state index < -0.39 is 0 Å². The highest BCUT2D eigenvalue weighted by Gasteiger charge is 2.14. The molecule has 0 aliphatic rings. The van der Waals surface area contributed by atoms with E-state index in [-0.39, 0.29) is 6.29 Å². The predicted molar refractivity (Wildman–Crippen MR) is 112 cm³/mol. The van der Waals surface area contributed by atoms with E-state index in [2.05, 4.69) is 45.9 Å². The molecule has 2 atom stereocenters. The second-order valence-electron chi connectivity index (χ2n) is 7.48. The first-order chi connectivity index (χ1) is 13.0. The van der Waals surface area contributed by atoms with Crippen molar-refractivity contribution in [3.8, 4) is 11.5 Å². The van der Waals surface area contributed by atoms with E-state index in [9.17, 15) is 0 Å². The van der Waals surface area contributed by atoms with Crippen molar-refractivity contribution in [2.45, 2.75) is 59.7 Å². The monoisotopic (exact) mass is 370 g/mol. The highest BCUT2D eigenvalue weighted by molar-refractivity contribution is 5.37. The molecule has 3 heteroatoms. The number of hydrogen-bond acceptors (Lipinski definition) is 3. The van der Waals surface area contributed by atoms with E-state index in [4.69, 9.17) is 14.2 Å². The van der Waals surface area contributed by atoms with Crippen LogP contribution in [-0.4, -0.2) is 19.5 Å². The van der Waals surface area contributed by atoms with Gasteiger partial charge in [-0.25, -0.2) is 0 Å². The van der Waals surface area contributed by atoms with Gasteiger partial charge in [0.15, 0.2) is 6.29 Å². The molecule has 0 spiro atoms. The fourth-order valence-electron chi connectivity index (χ4n) is 3.27. The van der Waals surface area contributed by atoms with Crippen LogP contribution in [0.2, 0.25) is 0 Å². The number of ether oxygens (including phenoxy) is 3. The summed E-state index contributed by atoms with van der Waals surface area (Å²) < 4.78 is 17.3. The third kappa shape index (κ3) is 7.26. The molecule has 148 valence electrons. The van der Waals surface area contributed by atoms with Crippen molar-refractivity contribution in [2.24, 2.45) is 5.92 Å². The van der Waals surface area contributed by atoms with Gasteiger partial charge in [0.2, 0.25) is 0 Å². The van der Waals surface area contributed by atoms with Crippen molar-refractivity contribution in [3.63, 3.8) is 0 Å². The standard InChI is InChI=1S/C24H34O3/c1-6-21(16-18(2)3)22-12-13-24(19(4)17-22)27-20(5)25-14-15-26-23-10-8-7-9-11-23/h7-13,17-18,20-21H,6,14-16H2,1-5H3. The van der Waals surface area contributed by atoms with Gasteiger partial charge >= 0.3 is 0 Å². The van der Waals surface area contributed by atoms with Crippen molar-refractivity contribution in [3.05, 3.63) is 59.7 Å². The minimum atomic E-state index is -0.313. The molecule has 27 heavy (non-hydrogen) atoms. The van der Waals surface area contributed by atoms with Gasteiger partial charge in [-0.15, -0.1) is 0 Å². The predicted octanol–water partition coefficient (Wildman–Crippen LogP) is 6.36. The van der Waals surface area contributed by atoms with Gasteiger partial charge in [0.25, 0.3) is 0 Å². The molecule has 2 aromatic carbocycles. The van der Waals surface area contributed by atoms with Crippen LogP contribution in [0.15, 0.2) is 48.5 Å². The van der Waals surface area contributed by atoms with Gasteiger partial charge in [0.05, 0.1) is 6.61 Å². The van der Waals surface area contributed by atoms with E-state index in [1.165, 1.54) is 18.4 Å². The fraction of sp³-hybridized carbons (Fsp3) is 0.500. The van der Waals surface area contributed by atoms with Crippen LogP contribution in [0.5, 0.6) is 11.5 Å². The molecule has 0 fully saturated rings. The normalized spacial score (nSPS) is 13.4. The van der Waals surface area contributed by atoms with Gasteiger partial charge in [-0.05, 0) is 67.9 Å². The Morgan fingerprint density at radius 3 is 2.30 bits per heavy atom. The average molecular weight is 371 g/mol. The maximum Gasteiger partial charge on any atom is 0.197 e. The summed E-state index contributed by atoms with van der Waals surface area (Å²) in [6, 6.07) is 16.3. The van der Waals surface area contributed by atoms with Crippen molar-refractivity contribution in [2.75, 3.05) is 13.2 Å².